The molecule has 1 aliphatic rings. The van der Waals surface area contributed by atoms with Crippen LogP contribution in [0.2, 0.25) is 0 Å². The Morgan fingerprint density at radius 3 is 1.22 bits per heavy atom. The SMILES string of the molecule is O=C(Oc1c2cc(Br)cc1COCCOCCOCCOCCOCCOCCOCCOC2)c1cc([N+](=O)[O-])cc([N+](=O)[O-])c1. The molecular formula is C29H37BrN2O14. The molecule has 0 aromatic heterocycles. The van der Waals surface area contributed by atoms with E-state index in [2.05, 4.69) is 15.9 Å². The highest BCUT2D eigenvalue weighted by Crippen LogP contribution is 2.32. The van der Waals surface area contributed by atoms with E-state index in [4.69, 9.17) is 42.6 Å². The van der Waals surface area contributed by atoms with E-state index >= 15 is 0 Å². The maximum Gasteiger partial charge on any atom is 0.344 e. The fourth-order valence-electron chi connectivity index (χ4n) is 3.93. The molecule has 1 heterocycles. The first-order chi connectivity index (χ1) is 22.3. The van der Waals surface area contributed by atoms with Gasteiger partial charge >= 0.3 is 5.97 Å². The predicted molar refractivity (Wildman–Crippen MR) is 163 cm³/mol. The van der Waals surface area contributed by atoms with Crippen LogP contribution in [0.25, 0.3) is 0 Å². The van der Waals surface area contributed by atoms with Gasteiger partial charge in [-0.25, -0.2) is 4.79 Å². The van der Waals surface area contributed by atoms with Gasteiger partial charge in [0.1, 0.15) is 5.75 Å². The third-order valence-corrected chi connectivity index (χ3v) is 6.54. The molecular weight excluding hydrogens is 680 g/mol. The van der Waals surface area contributed by atoms with Crippen LogP contribution < -0.4 is 4.74 Å². The third kappa shape index (κ3) is 14.1. The number of rotatable bonds is 4. The maximum absolute atomic E-state index is 13.2. The number of esters is 1. The molecule has 0 N–H and O–H groups in total. The fraction of sp³-hybridized carbons (Fsp3) is 0.552. The molecule has 254 valence electrons. The number of carbonyl (C=O) groups is 1. The van der Waals surface area contributed by atoms with E-state index < -0.39 is 27.2 Å². The van der Waals surface area contributed by atoms with E-state index in [0.717, 1.165) is 18.2 Å². The van der Waals surface area contributed by atoms with Gasteiger partial charge in [-0.3, -0.25) is 20.2 Å². The number of benzene rings is 2. The van der Waals surface area contributed by atoms with Crippen molar-refractivity contribution < 1.29 is 57.3 Å². The number of hydrogen-bond donors (Lipinski definition) is 0. The summed E-state index contributed by atoms with van der Waals surface area (Å²) in [6.45, 7) is 5.09. The number of non-ortho nitro benzene ring substituents is 2. The smallest absolute Gasteiger partial charge is 0.344 e. The molecule has 0 saturated heterocycles. The highest BCUT2D eigenvalue weighted by molar-refractivity contribution is 9.10. The van der Waals surface area contributed by atoms with Crippen LogP contribution in [-0.4, -0.2) is 108 Å². The molecule has 0 spiro atoms. The van der Waals surface area contributed by atoms with Gasteiger partial charge in [-0.15, -0.1) is 0 Å². The van der Waals surface area contributed by atoms with Crippen LogP contribution in [0.4, 0.5) is 11.4 Å². The highest BCUT2D eigenvalue weighted by Gasteiger charge is 2.23. The Labute approximate surface area is 273 Å². The van der Waals surface area contributed by atoms with Crippen LogP contribution in [0.15, 0.2) is 34.8 Å². The minimum absolute atomic E-state index is 0.00810. The van der Waals surface area contributed by atoms with Crippen molar-refractivity contribution in [2.75, 3.05) is 92.5 Å². The highest BCUT2D eigenvalue weighted by atomic mass is 79.9. The lowest BCUT2D eigenvalue weighted by molar-refractivity contribution is -0.394. The van der Waals surface area contributed by atoms with Gasteiger partial charge in [-0.1, -0.05) is 15.9 Å². The lowest BCUT2D eigenvalue weighted by Crippen LogP contribution is -2.15. The molecule has 17 heteroatoms. The van der Waals surface area contributed by atoms with Gasteiger partial charge in [0, 0.05) is 27.7 Å². The summed E-state index contributed by atoms with van der Waals surface area (Å²) in [6.07, 6.45) is 0. The molecule has 1 aliphatic heterocycles. The third-order valence-electron chi connectivity index (χ3n) is 6.08. The summed E-state index contributed by atoms with van der Waals surface area (Å²) in [5, 5.41) is 22.7. The van der Waals surface area contributed by atoms with E-state index in [-0.39, 0.29) is 51.0 Å². The zero-order chi connectivity index (χ0) is 33.0. The average molecular weight is 718 g/mol. The van der Waals surface area contributed by atoms with Gasteiger partial charge < -0.3 is 42.6 Å². The van der Waals surface area contributed by atoms with Crippen molar-refractivity contribution in [3.63, 3.8) is 0 Å². The van der Waals surface area contributed by atoms with Crippen molar-refractivity contribution in [2.45, 2.75) is 13.2 Å². The van der Waals surface area contributed by atoms with E-state index in [9.17, 15) is 25.0 Å². The van der Waals surface area contributed by atoms with Crippen LogP contribution in [-0.2, 0) is 51.1 Å². The second-order valence-electron chi connectivity index (χ2n) is 9.47. The lowest BCUT2D eigenvalue weighted by atomic mass is 10.1. The minimum Gasteiger partial charge on any atom is -0.422 e. The summed E-state index contributed by atoms with van der Waals surface area (Å²) in [5.74, 6) is -0.942. The number of ether oxygens (including phenoxy) is 9. The first kappa shape index (κ1) is 37.3. The Morgan fingerprint density at radius 2 is 0.891 bits per heavy atom. The molecule has 0 fully saturated rings. The second-order valence-corrected chi connectivity index (χ2v) is 10.4. The largest absolute Gasteiger partial charge is 0.422 e. The summed E-state index contributed by atoms with van der Waals surface area (Å²) in [7, 11) is 0. The zero-order valence-electron chi connectivity index (χ0n) is 25.2. The number of hydrogen-bond acceptors (Lipinski definition) is 14. The van der Waals surface area contributed by atoms with Gasteiger partial charge in [0.25, 0.3) is 11.4 Å². The van der Waals surface area contributed by atoms with Crippen molar-refractivity contribution in [3.8, 4) is 5.75 Å². The van der Waals surface area contributed by atoms with Crippen molar-refractivity contribution >= 4 is 33.3 Å². The van der Waals surface area contributed by atoms with Gasteiger partial charge in [0.15, 0.2) is 0 Å². The molecule has 46 heavy (non-hydrogen) atoms. The normalized spacial score (nSPS) is 17.8. The quantitative estimate of drug-likeness (QED) is 0.193. The van der Waals surface area contributed by atoms with Crippen molar-refractivity contribution in [1.29, 1.82) is 0 Å². The molecule has 3 rings (SSSR count). The molecule has 2 bridgehead atoms. The summed E-state index contributed by atoms with van der Waals surface area (Å²) < 4.78 is 50.8. The van der Waals surface area contributed by atoms with Crippen LogP contribution in [0, 0.1) is 20.2 Å². The Morgan fingerprint density at radius 1 is 0.565 bits per heavy atom. The first-order valence-corrected chi connectivity index (χ1v) is 15.2. The summed E-state index contributed by atoms with van der Waals surface area (Å²) in [5.41, 5.74) is -0.701. The van der Waals surface area contributed by atoms with Gasteiger partial charge in [0.05, 0.1) is 127 Å². The molecule has 2 aromatic carbocycles. The Bertz CT molecular complexity index is 1190. The predicted octanol–water partition coefficient (Wildman–Crippen LogP) is 3.63. The first-order valence-electron chi connectivity index (χ1n) is 14.4. The molecule has 0 radical (unpaired) electrons. The van der Waals surface area contributed by atoms with Crippen molar-refractivity contribution in [1.82, 2.24) is 0 Å². The zero-order valence-corrected chi connectivity index (χ0v) is 26.8. The van der Waals surface area contributed by atoms with Gasteiger partial charge in [-0.2, -0.15) is 0 Å². The Balaban J connectivity index is 1.71. The fourth-order valence-corrected chi connectivity index (χ4v) is 4.49. The lowest BCUT2D eigenvalue weighted by Gasteiger charge is -2.17. The molecule has 16 nitrogen and oxygen atoms in total. The summed E-state index contributed by atoms with van der Waals surface area (Å²) >= 11 is 3.45. The van der Waals surface area contributed by atoms with Crippen molar-refractivity contribution in [2.24, 2.45) is 0 Å². The van der Waals surface area contributed by atoms with E-state index in [1.807, 2.05) is 0 Å². The standard InChI is InChI=1S/C29H37BrN2O14/c30-25-15-23-20-44-13-11-42-9-7-40-5-3-38-1-2-39-4-6-41-8-10-43-12-14-45-21-24(16-25)28(23)46-29(33)22-17-26(31(34)35)19-27(18-22)32(36)37/h15-19H,1-14,20-21H2. The Hall–Kier alpha value is -3.13. The molecule has 0 amide bonds. The maximum atomic E-state index is 13.2. The van der Waals surface area contributed by atoms with E-state index in [0.29, 0.717) is 81.7 Å². The van der Waals surface area contributed by atoms with Crippen LogP contribution in [0.5, 0.6) is 5.75 Å². The topological polar surface area (TPSA) is 186 Å². The van der Waals surface area contributed by atoms with E-state index in [1.165, 1.54) is 0 Å². The number of nitro groups is 2. The van der Waals surface area contributed by atoms with Crippen LogP contribution in [0.3, 0.4) is 0 Å². The number of halogens is 1. The number of fused-ring (bicyclic) bond motifs is 2. The summed E-state index contributed by atoms with van der Waals surface area (Å²) in [6, 6.07) is 5.96. The average Bonchev–Trinajstić information content (AvgIpc) is 3.03. The molecule has 0 atom stereocenters. The van der Waals surface area contributed by atoms with Crippen LogP contribution >= 0.6 is 15.9 Å². The number of nitro benzene ring substituents is 2. The van der Waals surface area contributed by atoms with Crippen LogP contribution in [0.1, 0.15) is 21.5 Å². The second kappa shape index (κ2) is 21.6. The van der Waals surface area contributed by atoms with Crippen molar-refractivity contribution in [3.05, 3.63) is 71.7 Å². The van der Waals surface area contributed by atoms with Gasteiger partial charge in [0.2, 0.25) is 0 Å². The number of carbonyl (C=O) groups excluding carboxylic acids is 1. The molecule has 0 unspecified atom stereocenters. The minimum atomic E-state index is -1.03. The number of nitrogens with zero attached hydrogens (tertiary/aromatic N) is 2. The molecule has 2 aromatic rings. The molecule has 0 saturated carbocycles. The molecule has 0 aliphatic carbocycles. The van der Waals surface area contributed by atoms with Gasteiger partial charge in [-0.05, 0) is 12.1 Å². The monoisotopic (exact) mass is 716 g/mol. The Kier molecular flexibility index (Phi) is 17.5. The van der Waals surface area contributed by atoms with E-state index in [1.54, 1.807) is 12.1 Å². The summed E-state index contributed by atoms with van der Waals surface area (Å²) in [4.78, 5) is 34.2.